The lowest BCUT2D eigenvalue weighted by molar-refractivity contribution is -0.122. The first-order chi connectivity index (χ1) is 8.02. The Labute approximate surface area is 109 Å². The van der Waals surface area contributed by atoms with Crippen molar-refractivity contribution in [3.8, 4) is 0 Å². The van der Waals surface area contributed by atoms with Gasteiger partial charge in [0.1, 0.15) is 5.82 Å². The van der Waals surface area contributed by atoms with E-state index in [0.717, 1.165) is 4.47 Å². The Bertz CT molecular complexity index is 398. The van der Waals surface area contributed by atoms with Gasteiger partial charge in [-0.05, 0) is 30.7 Å². The van der Waals surface area contributed by atoms with Gasteiger partial charge in [-0.2, -0.15) is 0 Å². The van der Waals surface area contributed by atoms with Gasteiger partial charge in [0, 0.05) is 23.0 Å². The molecule has 0 bridgehead atoms. The van der Waals surface area contributed by atoms with E-state index in [0.29, 0.717) is 18.5 Å². The highest BCUT2D eigenvalue weighted by Gasteiger charge is 2.08. The molecular weight excluding hydrogens is 287 g/mol. The van der Waals surface area contributed by atoms with E-state index in [4.69, 9.17) is 5.73 Å². The maximum absolute atomic E-state index is 13.4. The minimum atomic E-state index is -0.319. The van der Waals surface area contributed by atoms with Gasteiger partial charge in [0.15, 0.2) is 0 Å². The third-order valence-corrected chi connectivity index (χ3v) is 2.91. The lowest BCUT2D eigenvalue weighted by Gasteiger charge is -2.10. The summed E-state index contributed by atoms with van der Waals surface area (Å²) in [4.78, 5) is 11.5. The molecule has 0 aromatic heterocycles. The van der Waals surface area contributed by atoms with E-state index in [2.05, 4.69) is 21.2 Å². The van der Waals surface area contributed by atoms with E-state index in [-0.39, 0.29) is 24.2 Å². The maximum atomic E-state index is 13.4. The van der Waals surface area contributed by atoms with Crippen LogP contribution in [0.15, 0.2) is 22.7 Å². The number of carbonyl (C=O) groups is 1. The van der Waals surface area contributed by atoms with Crippen LogP contribution in [-0.2, 0) is 11.3 Å². The van der Waals surface area contributed by atoms with E-state index in [1.165, 1.54) is 6.07 Å². The first-order valence-electron chi connectivity index (χ1n) is 5.43. The Kier molecular flexibility index (Phi) is 5.58. The number of nitrogens with one attached hydrogen (secondary N) is 1. The molecule has 3 nitrogen and oxygen atoms in total. The van der Waals surface area contributed by atoms with Crippen molar-refractivity contribution in [2.24, 2.45) is 11.7 Å². The van der Waals surface area contributed by atoms with Crippen LogP contribution in [0.5, 0.6) is 0 Å². The fraction of sp³-hybridized carbons (Fsp3) is 0.417. The first kappa shape index (κ1) is 14.1. The van der Waals surface area contributed by atoms with Crippen molar-refractivity contribution in [1.29, 1.82) is 0 Å². The van der Waals surface area contributed by atoms with Gasteiger partial charge in [0.2, 0.25) is 5.91 Å². The number of halogens is 2. The van der Waals surface area contributed by atoms with Crippen molar-refractivity contribution in [2.75, 3.05) is 6.54 Å². The number of benzene rings is 1. The lowest BCUT2D eigenvalue weighted by atomic mass is 10.1. The van der Waals surface area contributed by atoms with E-state index in [1.807, 2.05) is 6.92 Å². The van der Waals surface area contributed by atoms with Crippen molar-refractivity contribution >= 4 is 21.8 Å². The number of hydrogen-bond acceptors (Lipinski definition) is 2. The highest BCUT2D eigenvalue weighted by atomic mass is 79.9. The smallest absolute Gasteiger partial charge is 0.220 e. The summed E-state index contributed by atoms with van der Waals surface area (Å²) in [5.74, 6) is -0.287. The molecule has 0 fully saturated rings. The summed E-state index contributed by atoms with van der Waals surface area (Å²) in [6.07, 6.45) is 0.367. The van der Waals surface area contributed by atoms with Crippen LogP contribution in [-0.4, -0.2) is 12.5 Å². The zero-order valence-electron chi connectivity index (χ0n) is 9.67. The minimum Gasteiger partial charge on any atom is -0.352 e. The topological polar surface area (TPSA) is 55.1 Å². The van der Waals surface area contributed by atoms with Crippen LogP contribution in [0.2, 0.25) is 0 Å². The molecule has 17 heavy (non-hydrogen) atoms. The minimum absolute atomic E-state index is 0.109. The van der Waals surface area contributed by atoms with Gasteiger partial charge >= 0.3 is 0 Å². The number of hydrogen-bond donors (Lipinski definition) is 2. The molecule has 0 aliphatic rings. The fourth-order valence-electron chi connectivity index (χ4n) is 1.34. The van der Waals surface area contributed by atoms with Gasteiger partial charge in [-0.15, -0.1) is 0 Å². The van der Waals surface area contributed by atoms with Crippen LogP contribution >= 0.6 is 15.9 Å². The molecule has 0 aliphatic carbocycles. The number of carbonyl (C=O) groups excluding carboxylic acids is 1. The van der Waals surface area contributed by atoms with Gasteiger partial charge in [-0.3, -0.25) is 4.79 Å². The molecule has 1 rings (SSSR count). The largest absolute Gasteiger partial charge is 0.352 e. The Morgan fingerprint density at radius 1 is 1.59 bits per heavy atom. The summed E-state index contributed by atoms with van der Waals surface area (Å²) in [5, 5.41) is 2.68. The molecule has 1 aromatic carbocycles. The average molecular weight is 303 g/mol. The van der Waals surface area contributed by atoms with Crippen molar-refractivity contribution in [2.45, 2.75) is 19.9 Å². The molecule has 1 unspecified atom stereocenters. The molecule has 94 valence electrons. The Morgan fingerprint density at radius 2 is 2.29 bits per heavy atom. The third kappa shape index (κ3) is 4.83. The predicted octanol–water partition coefficient (Wildman–Crippen LogP) is 2.19. The van der Waals surface area contributed by atoms with E-state index in [1.54, 1.807) is 12.1 Å². The second-order valence-corrected chi connectivity index (χ2v) is 4.97. The molecule has 0 aliphatic heterocycles. The SMILES string of the molecule is CC(CN)CC(=O)NCc1cc(Br)ccc1F. The quantitative estimate of drug-likeness (QED) is 0.876. The highest BCUT2D eigenvalue weighted by Crippen LogP contribution is 2.15. The molecule has 0 heterocycles. The third-order valence-electron chi connectivity index (χ3n) is 2.42. The second kappa shape index (κ2) is 6.71. The van der Waals surface area contributed by atoms with Gasteiger partial charge in [-0.25, -0.2) is 4.39 Å². The summed E-state index contributed by atoms with van der Waals surface area (Å²) in [6.45, 7) is 2.57. The average Bonchev–Trinajstić information content (AvgIpc) is 2.30. The van der Waals surface area contributed by atoms with Gasteiger partial charge < -0.3 is 11.1 Å². The molecule has 0 spiro atoms. The predicted molar refractivity (Wildman–Crippen MR) is 68.8 cm³/mol. The van der Waals surface area contributed by atoms with E-state index < -0.39 is 0 Å². The van der Waals surface area contributed by atoms with Crippen LogP contribution in [0.3, 0.4) is 0 Å². The second-order valence-electron chi connectivity index (χ2n) is 4.06. The maximum Gasteiger partial charge on any atom is 0.220 e. The van der Waals surface area contributed by atoms with Crippen molar-refractivity contribution in [3.05, 3.63) is 34.1 Å². The summed E-state index contributed by atoms with van der Waals surface area (Å²) in [6, 6.07) is 4.65. The fourth-order valence-corrected chi connectivity index (χ4v) is 1.75. The summed E-state index contributed by atoms with van der Waals surface area (Å²) >= 11 is 3.26. The zero-order chi connectivity index (χ0) is 12.8. The monoisotopic (exact) mass is 302 g/mol. The van der Waals surface area contributed by atoms with Crippen molar-refractivity contribution in [1.82, 2.24) is 5.32 Å². The number of rotatable bonds is 5. The number of nitrogens with two attached hydrogens (primary N) is 1. The zero-order valence-corrected chi connectivity index (χ0v) is 11.3. The van der Waals surface area contributed by atoms with Gasteiger partial charge in [0.25, 0.3) is 0 Å². The molecule has 0 saturated carbocycles. The molecule has 1 amide bonds. The van der Waals surface area contributed by atoms with Crippen LogP contribution in [0.4, 0.5) is 4.39 Å². The molecular formula is C12H16BrFN2O. The van der Waals surface area contributed by atoms with Gasteiger partial charge in [0.05, 0.1) is 0 Å². The normalized spacial score (nSPS) is 12.2. The first-order valence-corrected chi connectivity index (χ1v) is 6.23. The van der Waals surface area contributed by atoms with Gasteiger partial charge in [-0.1, -0.05) is 22.9 Å². The Morgan fingerprint density at radius 3 is 2.94 bits per heavy atom. The van der Waals surface area contributed by atoms with Crippen LogP contribution in [0.1, 0.15) is 18.9 Å². The van der Waals surface area contributed by atoms with Crippen molar-refractivity contribution < 1.29 is 9.18 Å². The molecule has 0 saturated heterocycles. The van der Waals surface area contributed by atoms with Crippen molar-refractivity contribution in [3.63, 3.8) is 0 Å². The van der Waals surface area contributed by atoms with E-state index >= 15 is 0 Å². The summed E-state index contributed by atoms with van der Waals surface area (Å²) in [7, 11) is 0. The van der Waals surface area contributed by atoms with Crippen LogP contribution in [0, 0.1) is 11.7 Å². The molecule has 3 N–H and O–H groups in total. The Balaban J connectivity index is 2.50. The van der Waals surface area contributed by atoms with Crippen LogP contribution in [0.25, 0.3) is 0 Å². The van der Waals surface area contributed by atoms with Crippen LogP contribution < -0.4 is 11.1 Å². The highest BCUT2D eigenvalue weighted by molar-refractivity contribution is 9.10. The molecule has 1 aromatic rings. The number of amides is 1. The van der Waals surface area contributed by atoms with E-state index in [9.17, 15) is 9.18 Å². The summed E-state index contributed by atoms with van der Waals surface area (Å²) < 4.78 is 14.1. The lowest BCUT2D eigenvalue weighted by Crippen LogP contribution is -2.27. The standard InChI is InChI=1S/C12H16BrFN2O/c1-8(6-15)4-12(17)16-7-9-5-10(13)2-3-11(9)14/h2-3,5,8H,4,6-7,15H2,1H3,(H,16,17). The Hall–Kier alpha value is -0.940. The molecule has 0 radical (unpaired) electrons. The molecule has 5 heteroatoms. The summed E-state index contributed by atoms with van der Waals surface area (Å²) in [5.41, 5.74) is 5.89. The molecule has 1 atom stereocenters.